The number of nitrogens with zero attached hydrogens (tertiary/aromatic N) is 3. The molecule has 22 heavy (non-hydrogen) atoms. The molecule has 0 spiro atoms. The van der Waals surface area contributed by atoms with E-state index in [9.17, 15) is 9.90 Å². The number of aromatic hydroxyl groups is 1. The molecule has 0 saturated heterocycles. The van der Waals surface area contributed by atoms with Gasteiger partial charge in [0.1, 0.15) is 11.4 Å². The molecule has 0 fully saturated rings. The molecule has 0 atom stereocenters. The van der Waals surface area contributed by atoms with Crippen molar-refractivity contribution in [3.05, 3.63) is 59.2 Å². The molecule has 0 aliphatic rings. The molecule has 0 amide bonds. The Labute approximate surface area is 130 Å². The van der Waals surface area contributed by atoms with E-state index in [1.54, 1.807) is 30.5 Å². The molecule has 0 aliphatic heterocycles. The van der Waals surface area contributed by atoms with Crippen LogP contribution in [-0.2, 0) is 0 Å². The summed E-state index contributed by atoms with van der Waals surface area (Å²) in [6.07, 6.45) is 1.59. The van der Waals surface area contributed by atoms with Gasteiger partial charge in [-0.15, -0.1) is 5.10 Å². The molecule has 0 saturated carbocycles. The normalized spacial score (nSPS) is 10.6. The molecule has 1 aromatic heterocycles. The van der Waals surface area contributed by atoms with Crippen LogP contribution < -0.4 is 0 Å². The third-order valence-electron chi connectivity index (χ3n) is 3.09. The minimum atomic E-state index is -1.02. The van der Waals surface area contributed by atoms with Gasteiger partial charge in [-0.2, -0.15) is 0 Å². The molecular formula is C15H10ClN3O3. The van der Waals surface area contributed by atoms with Crippen LogP contribution in [0.5, 0.6) is 5.75 Å². The smallest absolute Gasteiger partial charge is 0.335 e. The summed E-state index contributed by atoms with van der Waals surface area (Å²) in [4.78, 5) is 11.0. The molecule has 2 N–H and O–H groups in total. The summed E-state index contributed by atoms with van der Waals surface area (Å²) in [6, 6.07) is 10.9. The van der Waals surface area contributed by atoms with Crippen molar-refractivity contribution in [2.24, 2.45) is 0 Å². The number of carboxylic acid groups (broad SMARTS) is 1. The van der Waals surface area contributed by atoms with Gasteiger partial charge >= 0.3 is 5.97 Å². The van der Waals surface area contributed by atoms with Gasteiger partial charge in [0, 0.05) is 10.6 Å². The topological polar surface area (TPSA) is 88.2 Å². The number of phenols is 1. The molecular weight excluding hydrogens is 306 g/mol. The zero-order chi connectivity index (χ0) is 15.7. The second kappa shape index (κ2) is 5.50. The van der Waals surface area contributed by atoms with Crippen molar-refractivity contribution in [3.63, 3.8) is 0 Å². The van der Waals surface area contributed by atoms with Crippen LogP contribution in [0.1, 0.15) is 10.4 Å². The van der Waals surface area contributed by atoms with Crippen molar-refractivity contribution in [1.82, 2.24) is 15.0 Å². The van der Waals surface area contributed by atoms with Crippen LogP contribution in [0.3, 0.4) is 0 Å². The monoisotopic (exact) mass is 315 g/mol. The average molecular weight is 316 g/mol. The maximum Gasteiger partial charge on any atom is 0.335 e. The molecule has 3 rings (SSSR count). The van der Waals surface area contributed by atoms with Gasteiger partial charge < -0.3 is 10.2 Å². The number of aromatic carboxylic acids is 1. The summed E-state index contributed by atoms with van der Waals surface area (Å²) in [5.41, 5.74) is 1.59. The molecule has 0 bridgehead atoms. The van der Waals surface area contributed by atoms with Crippen LogP contribution in [0, 0.1) is 0 Å². The van der Waals surface area contributed by atoms with Crippen LogP contribution in [0.4, 0.5) is 0 Å². The number of aromatic nitrogens is 3. The Kier molecular flexibility index (Phi) is 3.52. The number of carboxylic acids is 1. The SMILES string of the molecule is O=C(O)c1cccc(-n2cc(-c3cc(Cl)ccc3O)nn2)c1. The fraction of sp³-hybridized carbons (Fsp3) is 0. The van der Waals surface area contributed by atoms with Crippen molar-refractivity contribution >= 4 is 17.6 Å². The van der Waals surface area contributed by atoms with E-state index in [4.69, 9.17) is 16.7 Å². The Hall–Kier alpha value is -2.86. The first-order valence-electron chi connectivity index (χ1n) is 6.29. The highest BCUT2D eigenvalue weighted by Crippen LogP contribution is 2.30. The predicted octanol–water partition coefficient (Wildman–Crippen LogP) is 2.99. The largest absolute Gasteiger partial charge is 0.507 e. The predicted molar refractivity (Wildman–Crippen MR) is 80.4 cm³/mol. The van der Waals surface area contributed by atoms with Crippen molar-refractivity contribution < 1.29 is 15.0 Å². The van der Waals surface area contributed by atoms with Gasteiger partial charge in [-0.1, -0.05) is 22.9 Å². The molecule has 7 heteroatoms. The summed E-state index contributed by atoms with van der Waals surface area (Å²) >= 11 is 5.91. The lowest BCUT2D eigenvalue weighted by Crippen LogP contribution is -2.00. The first kappa shape index (κ1) is 14.1. The van der Waals surface area contributed by atoms with E-state index in [1.165, 1.54) is 22.9 Å². The number of halogens is 1. The highest BCUT2D eigenvalue weighted by atomic mass is 35.5. The fourth-order valence-electron chi connectivity index (χ4n) is 2.01. The Bertz CT molecular complexity index is 861. The van der Waals surface area contributed by atoms with Gasteiger partial charge in [0.15, 0.2) is 0 Å². The lowest BCUT2D eigenvalue weighted by molar-refractivity contribution is 0.0697. The Balaban J connectivity index is 2.02. The van der Waals surface area contributed by atoms with Crippen LogP contribution in [0.25, 0.3) is 16.9 Å². The minimum absolute atomic E-state index is 0.0377. The number of phenolic OH excluding ortho intramolecular Hbond substituents is 1. The summed E-state index contributed by atoms with van der Waals surface area (Å²) in [5, 5.41) is 27.3. The summed E-state index contributed by atoms with van der Waals surface area (Å²) < 4.78 is 1.43. The van der Waals surface area contributed by atoms with E-state index in [-0.39, 0.29) is 11.3 Å². The molecule has 1 heterocycles. The third-order valence-corrected chi connectivity index (χ3v) is 3.32. The van der Waals surface area contributed by atoms with Gasteiger partial charge in [0.25, 0.3) is 0 Å². The van der Waals surface area contributed by atoms with Gasteiger partial charge in [-0.3, -0.25) is 0 Å². The van der Waals surface area contributed by atoms with E-state index >= 15 is 0 Å². The third kappa shape index (κ3) is 2.64. The average Bonchev–Trinajstić information content (AvgIpc) is 2.99. The van der Waals surface area contributed by atoms with E-state index in [0.29, 0.717) is 22.0 Å². The Morgan fingerprint density at radius 1 is 1.18 bits per heavy atom. The van der Waals surface area contributed by atoms with E-state index < -0.39 is 5.97 Å². The number of rotatable bonds is 3. The van der Waals surface area contributed by atoms with Gasteiger partial charge in [-0.25, -0.2) is 9.48 Å². The van der Waals surface area contributed by atoms with Crippen molar-refractivity contribution in [3.8, 4) is 22.7 Å². The first-order valence-corrected chi connectivity index (χ1v) is 6.67. The molecule has 0 aliphatic carbocycles. The number of hydrogen-bond donors (Lipinski definition) is 2. The van der Waals surface area contributed by atoms with E-state index in [2.05, 4.69) is 10.3 Å². The van der Waals surface area contributed by atoms with Gasteiger partial charge in [-0.05, 0) is 36.4 Å². The quantitative estimate of drug-likeness (QED) is 0.775. The van der Waals surface area contributed by atoms with Gasteiger partial charge in [0.2, 0.25) is 0 Å². The maximum absolute atomic E-state index is 11.0. The fourth-order valence-corrected chi connectivity index (χ4v) is 2.18. The van der Waals surface area contributed by atoms with Crippen LogP contribution in [-0.4, -0.2) is 31.2 Å². The van der Waals surface area contributed by atoms with E-state index in [1.807, 2.05) is 0 Å². The molecule has 2 aromatic carbocycles. The number of carbonyl (C=O) groups is 1. The molecule has 0 unspecified atom stereocenters. The molecule has 110 valence electrons. The summed E-state index contributed by atoms with van der Waals surface area (Å²) in [6.45, 7) is 0. The van der Waals surface area contributed by atoms with Gasteiger partial charge in [0.05, 0.1) is 17.4 Å². The van der Waals surface area contributed by atoms with E-state index in [0.717, 1.165) is 0 Å². The highest BCUT2D eigenvalue weighted by molar-refractivity contribution is 6.30. The standard InChI is InChI=1S/C15H10ClN3O3/c16-10-4-5-14(20)12(7-10)13-8-19(18-17-13)11-3-1-2-9(6-11)15(21)22/h1-8,20H,(H,21,22). The maximum atomic E-state index is 11.0. The molecule has 0 radical (unpaired) electrons. The lowest BCUT2D eigenvalue weighted by Gasteiger charge is -2.02. The van der Waals surface area contributed by atoms with Crippen LogP contribution >= 0.6 is 11.6 Å². The molecule has 6 nitrogen and oxygen atoms in total. The zero-order valence-electron chi connectivity index (χ0n) is 11.1. The second-order valence-corrected chi connectivity index (χ2v) is 5.00. The lowest BCUT2D eigenvalue weighted by atomic mass is 10.1. The summed E-state index contributed by atoms with van der Waals surface area (Å²) in [7, 11) is 0. The minimum Gasteiger partial charge on any atom is -0.507 e. The second-order valence-electron chi connectivity index (χ2n) is 4.57. The first-order chi connectivity index (χ1) is 10.5. The zero-order valence-corrected chi connectivity index (χ0v) is 11.9. The van der Waals surface area contributed by atoms with Crippen molar-refractivity contribution in [2.75, 3.05) is 0 Å². The highest BCUT2D eigenvalue weighted by Gasteiger charge is 2.11. The number of hydrogen-bond acceptors (Lipinski definition) is 4. The van der Waals surface area contributed by atoms with Crippen molar-refractivity contribution in [2.45, 2.75) is 0 Å². The Morgan fingerprint density at radius 3 is 2.77 bits per heavy atom. The van der Waals surface area contributed by atoms with Crippen molar-refractivity contribution in [1.29, 1.82) is 0 Å². The Morgan fingerprint density at radius 2 is 2.00 bits per heavy atom. The molecule has 3 aromatic rings. The van der Waals surface area contributed by atoms with Crippen LogP contribution in [0.15, 0.2) is 48.7 Å². The summed E-state index contributed by atoms with van der Waals surface area (Å²) in [5.74, 6) is -0.981. The van der Waals surface area contributed by atoms with Crippen LogP contribution in [0.2, 0.25) is 5.02 Å². The number of benzene rings is 2.